The van der Waals surface area contributed by atoms with E-state index in [1.54, 1.807) is 13.0 Å². The Bertz CT molecular complexity index is 540. The quantitative estimate of drug-likeness (QED) is 0.715. The molecule has 0 aromatic heterocycles. The van der Waals surface area contributed by atoms with Crippen molar-refractivity contribution < 1.29 is 13.2 Å². The van der Waals surface area contributed by atoms with E-state index in [1.807, 2.05) is 0 Å². The Hall–Kier alpha value is -1.44. The third-order valence-corrected chi connectivity index (χ3v) is 3.33. The van der Waals surface area contributed by atoms with Gasteiger partial charge in [0.05, 0.1) is 4.90 Å². The molecule has 0 bridgehead atoms. The van der Waals surface area contributed by atoms with Gasteiger partial charge in [0.15, 0.2) is 0 Å². The number of nitrogens with two attached hydrogens (primary N) is 2. The highest BCUT2D eigenvalue weighted by molar-refractivity contribution is 7.89. The number of rotatable bonds is 5. The van der Waals surface area contributed by atoms with Crippen LogP contribution < -0.4 is 16.2 Å². The molecule has 7 heteroatoms. The minimum absolute atomic E-state index is 0.0257. The number of hydrogen-bond acceptors (Lipinski definition) is 4. The van der Waals surface area contributed by atoms with Crippen LogP contribution in [0, 0.1) is 6.92 Å². The maximum atomic E-state index is 11.5. The molecule has 0 radical (unpaired) electrons. The van der Waals surface area contributed by atoms with E-state index in [0.29, 0.717) is 25.1 Å². The fourth-order valence-electron chi connectivity index (χ4n) is 1.39. The van der Waals surface area contributed by atoms with Gasteiger partial charge in [-0.1, -0.05) is 6.07 Å². The molecule has 0 unspecified atom stereocenters. The lowest BCUT2D eigenvalue weighted by atomic mass is 10.2. The number of benzene rings is 1. The van der Waals surface area contributed by atoms with Gasteiger partial charge >= 0.3 is 0 Å². The molecule has 1 aromatic rings. The van der Waals surface area contributed by atoms with Gasteiger partial charge in [-0.3, -0.25) is 4.79 Å². The van der Waals surface area contributed by atoms with Gasteiger partial charge in [-0.25, -0.2) is 13.6 Å². The van der Waals surface area contributed by atoms with Gasteiger partial charge < -0.3 is 11.1 Å². The fraction of sp³-hybridized carbons (Fsp3) is 0.364. The normalized spacial score (nSPS) is 11.3. The van der Waals surface area contributed by atoms with E-state index in [2.05, 4.69) is 5.32 Å². The summed E-state index contributed by atoms with van der Waals surface area (Å²) in [6.07, 6.45) is 0.884. The smallest absolute Gasteiger partial charge is 0.238 e. The van der Waals surface area contributed by atoms with Crippen molar-refractivity contribution in [2.24, 2.45) is 10.9 Å². The van der Waals surface area contributed by atoms with E-state index in [9.17, 15) is 13.2 Å². The molecule has 0 aliphatic carbocycles. The third-order valence-electron chi connectivity index (χ3n) is 2.42. The van der Waals surface area contributed by atoms with Gasteiger partial charge in [0.1, 0.15) is 0 Å². The number of sulfonamides is 1. The topological polar surface area (TPSA) is 115 Å². The summed E-state index contributed by atoms with van der Waals surface area (Å²) in [4.78, 5) is 11.5. The number of aryl methyl sites for hydroxylation is 1. The number of carbonyl (C=O) groups excluding carboxylic acids is 1. The summed E-state index contributed by atoms with van der Waals surface area (Å²) in [5, 5.41) is 7.67. The average molecular weight is 271 g/mol. The number of amides is 1. The minimum atomic E-state index is -3.77. The molecule has 0 atom stereocenters. The van der Waals surface area contributed by atoms with Crippen LogP contribution in [0.1, 0.15) is 18.4 Å². The predicted molar refractivity (Wildman–Crippen MR) is 69.5 cm³/mol. The van der Waals surface area contributed by atoms with Gasteiger partial charge in [-0.2, -0.15) is 0 Å². The summed E-state index contributed by atoms with van der Waals surface area (Å²) in [5.41, 5.74) is 6.52. The lowest BCUT2D eigenvalue weighted by Crippen LogP contribution is -2.16. The number of anilines is 1. The lowest BCUT2D eigenvalue weighted by Gasteiger charge is -2.09. The summed E-state index contributed by atoms with van der Waals surface area (Å²) < 4.78 is 22.4. The zero-order valence-corrected chi connectivity index (χ0v) is 11.0. The van der Waals surface area contributed by atoms with Crippen LogP contribution in [0.5, 0.6) is 0 Å². The van der Waals surface area contributed by atoms with Gasteiger partial charge in [-0.15, -0.1) is 0 Å². The Kier molecular flexibility index (Phi) is 4.83. The van der Waals surface area contributed by atoms with Crippen molar-refractivity contribution in [3.63, 3.8) is 0 Å². The van der Waals surface area contributed by atoms with Crippen molar-refractivity contribution >= 4 is 21.6 Å². The lowest BCUT2D eigenvalue weighted by molar-refractivity contribution is -0.116. The maximum Gasteiger partial charge on any atom is 0.238 e. The predicted octanol–water partition coefficient (Wildman–Crippen LogP) is 0.320. The van der Waals surface area contributed by atoms with E-state index in [-0.39, 0.29) is 10.8 Å². The van der Waals surface area contributed by atoms with Gasteiger partial charge in [0, 0.05) is 12.1 Å². The fourth-order valence-corrected chi connectivity index (χ4v) is 1.93. The molecule has 0 fully saturated rings. The second-order valence-corrected chi connectivity index (χ2v) is 5.52. The van der Waals surface area contributed by atoms with Crippen molar-refractivity contribution in [1.29, 1.82) is 0 Å². The van der Waals surface area contributed by atoms with Crippen molar-refractivity contribution in [3.8, 4) is 0 Å². The highest BCUT2D eigenvalue weighted by atomic mass is 32.2. The van der Waals surface area contributed by atoms with Crippen LogP contribution in [0.2, 0.25) is 0 Å². The highest BCUT2D eigenvalue weighted by Crippen LogP contribution is 2.19. The molecule has 0 saturated heterocycles. The number of carbonyl (C=O) groups is 1. The van der Waals surface area contributed by atoms with E-state index in [1.165, 1.54) is 12.1 Å². The standard InChI is InChI=1S/C11H17N3O3S/c1-8-4-5-9(18(13,16)17)7-10(8)14-11(15)3-2-6-12/h4-5,7H,2-3,6,12H2,1H3,(H,14,15)(H2,13,16,17). The van der Waals surface area contributed by atoms with Crippen LogP contribution in [0.3, 0.4) is 0 Å². The van der Waals surface area contributed by atoms with Gasteiger partial charge in [-0.05, 0) is 37.6 Å². The van der Waals surface area contributed by atoms with Crippen molar-refractivity contribution in [3.05, 3.63) is 23.8 Å². The molecular formula is C11H17N3O3S. The zero-order valence-electron chi connectivity index (χ0n) is 10.1. The number of nitrogens with one attached hydrogen (secondary N) is 1. The first-order chi connectivity index (χ1) is 8.34. The molecule has 0 saturated carbocycles. The Morgan fingerprint density at radius 3 is 2.61 bits per heavy atom. The molecule has 0 aliphatic heterocycles. The van der Waals surface area contributed by atoms with E-state index < -0.39 is 10.0 Å². The van der Waals surface area contributed by atoms with Crippen molar-refractivity contribution in [1.82, 2.24) is 0 Å². The first-order valence-corrected chi connectivity index (χ1v) is 7.02. The number of primary sulfonamides is 1. The second kappa shape index (κ2) is 5.94. The second-order valence-electron chi connectivity index (χ2n) is 3.96. The van der Waals surface area contributed by atoms with Crippen molar-refractivity contribution in [2.75, 3.05) is 11.9 Å². The molecule has 100 valence electrons. The van der Waals surface area contributed by atoms with Crippen molar-refractivity contribution in [2.45, 2.75) is 24.7 Å². The first kappa shape index (κ1) is 14.6. The average Bonchev–Trinajstić information content (AvgIpc) is 2.28. The third kappa shape index (κ3) is 4.10. The molecule has 18 heavy (non-hydrogen) atoms. The molecule has 6 nitrogen and oxygen atoms in total. The molecule has 5 N–H and O–H groups in total. The number of hydrogen-bond donors (Lipinski definition) is 3. The summed E-state index contributed by atoms with van der Waals surface area (Å²) >= 11 is 0. The summed E-state index contributed by atoms with van der Waals surface area (Å²) in [5.74, 6) is -0.199. The van der Waals surface area contributed by atoms with Gasteiger partial charge in [0.2, 0.25) is 15.9 Å². The highest BCUT2D eigenvalue weighted by Gasteiger charge is 2.11. The monoisotopic (exact) mass is 271 g/mol. The molecule has 1 aromatic carbocycles. The largest absolute Gasteiger partial charge is 0.330 e. The Balaban J connectivity index is 2.92. The van der Waals surface area contributed by atoms with E-state index in [4.69, 9.17) is 10.9 Å². The Labute approximate surface area is 106 Å². The minimum Gasteiger partial charge on any atom is -0.330 e. The molecule has 1 rings (SSSR count). The molecule has 0 heterocycles. The molecular weight excluding hydrogens is 254 g/mol. The van der Waals surface area contributed by atoms with Crippen LogP contribution in [-0.4, -0.2) is 20.9 Å². The van der Waals surface area contributed by atoms with Gasteiger partial charge in [0.25, 0.3) is 0 Å². The Morgan fingerprint density at radius 1 is 1.39 bits per heavy atom. The molecule has 0 spiro atoms. The van der Waals surface area contributed by atoms with E-state index >= 15 is 0 Å². The maximum absolute atomic E-state index is 11.5. The SMILES string of the molecule is Cc1ccc(S(N)(=O)=O)cc1NC(=O)CCCN. The summed E-state index contributed by atoms with van der Waals surface area (Å²) in [6.45, 7) is 2.20. The molecule has 1 amide bonds. The van der Waals surface area contributed by atoms with Crippen LogP contribution >= 0.6 is 0 Å². The summed E-state index contributed by atoms with van der Waals surface area (Å²) in [7, 11) is -3.77. The van der Waals surface area contributed by atoms with Crippen LogP contribution in [0.25, 0.3) is 0 Å². The zero-order chi connectivity index (χ0) is 13.8. The first-order valence-electron chi connectivity index (χ1n) is 5.48. The van der Waals surface area contributed by atoms with Crippen LogP contribution in [-0.2, 0) is 14.8 Å². The summed E-state index contributed by atoms with van der Waals surface area (Å²) in [6, 6.07) is 4.35. The van der Waals surface area contributed by atoms with Crippen LogP contribution in [0.4, 0.5) is 5.69 Å². The molecule has 0 aliphatic rings. The Morgan fingerprint density at radius 2 is 2.06 bits per heavy atom. The van der Waals surface area contributed by atoms with Crippen LogP contribution in [0.15, 0.2) is 23.1 Å². The van der Waals surface area contributed by atoms with E-state index in [0.717, 1.165) is 5.56 Å².